The molecule has 0 amide bonds. The zero-order valence-corrected chi connectivity index (χ0v) is 13.5. The Morgan fingerprint density at radius 3 is 2.62 bits per heavy atom. The smallest absolute Gasteiger partial charge is 0.124 e. The molecule has 2 aliphatic heterocycles. The number of likely N-dealkylation sites (N-methyl/N-ethyl adjacent to an activating group) is 1. The minimum atomic E-state index is 0.752. The van der Waals surface area contributed by atoms with Gasteiger partial charge in [0.05, 0.1) is 6.61 Å². The summed E-state index contributed by atoms with van der Waals surface area (Å²) in [6.07, 6.45) is 5.26. The summed E-state index contributed by atoms with van der Waals surface area (Å²) in [5.41, 5.74) is 4.38. The molecule has 21 heavy (non-hydrogen) atoms. The van der Waals surface area contributed by atoms with Crippen molar-refractivity contribution in [1.82, 2.24) is 9.80 Å². The predicted molar refractivity (Wildman–Crippen MR) is 86.8 cm³/mol. The van der Waals surface area contributed by atoms with Crippen molar-refractivity contribution in [3.8, 4) is 5.75 Å². The van der Waals surface area contributed by atoms with Crippen LogP contribution in [0.1, 0.15) is 42.9 Å². The van der Waals surface area contributed by atoms with Gasteiger partial charge in [0.1, 0.15) is 5.75 Å². The lowest BCUT2D eigenvalue weighted by atomic mass is 9.96. The second-order valence-corrected chi connectivity index (χ2v) is 6.49. The van der Waals surface area contributed by atoms with Gasteiger partial charge in [0.2, 0.25) is 0 Å². The Hall–Kier alpha value is -1.06. The van der Waals surface area contributed by atoms with E-state index in [9.17, 15) is 0 Å². The maximum atomic E-state index is 5.93. The number of fused-ring (bicyclic) bond motifs is 1. The first kappa shape index (κ1) is 14.9. The molecule has 0 atom stereocenters. The minimum Gasteiger partial charge on any atom is -0.494 e. The van der Waals surface area contributed by atoms with E-state index in [1.54, 1.807) is 0 Å². The number of benzene rings is 1. The van der Waals surface area contributed by atoms with Gasteiger partial charge in [-0.3, -0.25) is 4.90 Å². The number of likely N-dealkylation sites (tertiary alicyclic amines) is 1. The van der Waals surface area contributed by atoms with Crippen LogP contribution in [0.4, 0.5) is 0 Å². The molecule has 1 saturated heterocycles. The van der Waals surface area contributed by atoms with Crippen molar-refractivity contribution in [3.63, 3.8) is 0 Å². The summed E-state index contributed by atoms with van der Waals surface area (Å²) in [5, 5.41) is 0. The quantitative estimate of drug-likeness (QED) is 0.847. The highest BCUT2D eigenvalue weighted by molar-refractivity contribution is 5.44. The van der Waals surface area contributed by atoms with E-state index in [-0.39, 0.29) is 0 Å². The van der Waals surface area contributed by atoms with Crippen molar-refractivity contribution in [2.24, 2.45) is 0 Å². The van der Waals surface area contributed by atoms with Crippen molar-refractivity contribution >= 4 is 0 Å². The molecule has 1 aromatic rings. The lowest BCUT2D eigenvalue weighted by molar-refractivity contribution is 0.216. The van der Waals surface area contributed by atoms with Gasteiger partial charge in [-0.05, 0) is 63.5 Å². The fourth-order valence-corrected chi connectivity index (χ4v) is 3.55. The molecule has 3 nitrogen and oxygen atoms in total. The minimum absolute atomic E-state index is 0.752. The Balaban J connectivity index is 1.83. The molecular formula is C18H28N2O. The first-order chi connectivity index (χ1) is 10.3. The van der Waals surface area contributed by atoms with Gasteiger partial charge in [-0.15, -0.1) is 0 Å². The number of piperidine rings is 1. The van der Waals surface area contributed by atoms with Crippen molar-refractivity contribution in [2.75, 3.05) is 33.3 Å². The van der Waals surface area contributed by atoms with E-state index in [0.717, 1.165) is 25.4 Å². The highest BCUT2D eigenvalue weighted by Crippen LogP contribution is 2.29. The molecule has 3 rings (SSSR count). The predicted octanol–water partition coefficient (Wildman–Crippen LogP) is 3.06. The number of hydrogen-bond acceptors (Lipinski definition) is 3. The molecule has 0 bridgehead atoms. The fourth-order valence-electron chi connectivity index (χ4n) is 3.55. The van der Waals surface area contributed by atoms with Gasteiger partial charge in [0.25, 0.3) is 0 Å². The van der Waals surface area contributed by atoms with E-state index in [1.807, 2.05) is 0 Å². The van der Waals surface area contributed by atoms with E-state index >= 15 is 0 Å². The van der Waals surface area contributed by atoms with Crippen LogP contribution in [0, 0.1) is 0 Å². The van der Waals surface area contributed by atoms with Crippen LogP contribution in [-0.2, 0) is 19.5 Å². The zero-order valence-electron chi connectivity index (χ0n) is 13.5. The Labute approximate surface area is 128 Å². The molecule has 116 valence electrons. The number of nitrogens with zero attached hydrogens (tertiary/aromatic N) is 2. The topological polar surface area (TPSA) is 15.7 Å². The van der Waals surface area contributed by atoms with Gasteiger partial charge in [-0.2, -0.15) is 0 Å². The molecule has 0 saturated carbocycles. The third-order valence-electron chi connectivity index (χ3n) is 4.73. The zero-order chi connectivity index (χ0) is 14.7. The molecule has 0 radical (unpaired) electrons. The van der Waals surface area contributed by atoms with Gasteiger partial charge in [0, 0.05) is 25.2 Å². The van der Waals surface area contributed by atoms with Crippen molar-refractivity contribution in [3.05, 3.63) is 28.8 Å². The van der Waals surface area contributed by atoms with Gasteiger partial charge >= 0.3 is 0 Å². The lowest BCUT2D eigenvalue weighted by Gasteiger charge is -2.30. The molecule has 1 fully saturated rings. The maximum absolute atomic E-state index is 5.93. The standard InChI is InChI=1S/C18H28N2O/c1-3-21-18-12-16-13-19(2)10-7-15(16)11-17(18)14-20-8-5-4-6-9-20/h11-12H,3-10,13-14H2,1-2H3. The van der Waals surface area contributed by atoms with Gasteiger partial charge in [-0.1, -0.05) is 12.5 Å². The number of ether oxygens (including phenoxy) is 1. The summed E-state index contributed by atoms with van der Waals surface area (Å²) >= 11 is 0. The number of hydrogen-bond donors (Lipinski definition) is 0. The Bertz CT molecular complexity index is 480. The highest BCUT2D eigenvalue weighted by atomic mass is 16.5. The van der Waals surface area contributed by atoms with Crippen LogP contribution in [0.5, 0.6) is 5.75 Å². The molecule has 0 unspecified atom stereocenters. The molecule has 3 heteroatoms. The van der Waals surface area contributed by atoms with Crippen LogP contribution in [0.3, 0.4) is 0 Å². The molecule has 0 spiro atoms. The molecule has 2 heterocycles. The summed E-state index contributed by atoms with van der Waals surface area (Å²) in [5.74, 6) is 1.11. The molecular weight excluding hydrogens is 260 g/mol. The fraction of sp³-hybridized carbons (Fsp3) is 0.667. The van der Waals surface area contributed by atoms with E-state index in [2.05, 4.69) is 35.9 Å². The van der Waals surface area contributed by atoms with Crippen LogP contribution in [0.25, 0.3) is 0 Å². The molecule has 0 aromatic heterocycles. The third-order valence-corrected chi connectivity index (χ3v) is 4.73. The SMILES string of the molecule is CCOc1cc2c(cc1CN1CCCCC1)CCN(C)C2. The highest BCUT2D eigenvalue weighted by Gasteiger charge is 2.19. The first-order valence-electron chi connectivity index (χ1n) is 8.44. The number of rotatable bonds is 4. The van der Waals surface area contributed by atoms with Gasteiger partial charge in [0.15, 0.2) is 0 Å². The van der Waals surface area contributed by atoms with Crippen LogP contribution in [0.2, 0.25) is 0 Å². The van der Waals surface area contributed by atoms with E-state index < -0.39 is 0 Å². The molecule has 2 aliphatic rings. The molecule has 0 aliphatic carbocycles. The van der Waals surface area contributed by atoms with E-state index in [0.29, 0.717) is 0 Å². The second kappa shape index (κ2) is 6.80. The van der Waals surface area contributed by atoms with Crippen molar-refractivity contribution < 1.29 is 4.74 Å². The summed E-state index contributed by atoms with van der Waals surface area (Å²) in [4.78, 5) is 4.98. The summed E-state index contributed by atoms with van der Waals surface area (Å²) in [6.45, 7) is 8.59. The largest absolute Gasteiger partial charge is 0.494 e. The van der Waals surface area contributed by atoms with Crippen LogP contribution < -0.4 is 4.74 Å². The average Bonchev–Trinajstić information content (AvgIpc) is 2.49. The normalized spacial score (nSPS) is 20.3. The Kier molecular flexibility index (Phi) is 4.81. The maximum Gasteiger partial charge on any atom is 0.124 e. The van der Waals surface area contributed by atoms with Crippen LogP contribution >= 0.6 is 0 Å². The van der Waals surface area contributed by atoms with Gasteiger partial charge in [-0.25, -0.2) is 0 Å². The van der Waals surface area contributed by atoms with E-state index in [1.165, 1.54) is 62.0 Å². The van der Waals surface area contributed by atoms with Crippen LogP contribution in [-0.4, -0.2) is 43.1 Å². The summed E-state index contributed by atoms with van der Waals surface area (Å²) in [6, 6.07) is 4.72. The third kappa shape index (κ3) is 3.58. The Morgan fingerprint density at radius 1 is 1.05 bits per heavy atom. The van der Waals surface area contributed by atoms with Crippen LogP contribution in [0.15, 0.2) is 12.1 Å². The average molecular weight is 288 g/mol. The Morgan fingerprint density at radius 2 is 1.86 bits per heavy atom. The molecule has 1 aromatic carbocycles. The van der Waals surface area contributed by atoms with E-state index in [4.69, 9.17) is 4.74 Å². The van der Waals surface area contributed by atoms with Crippen molar-refractivity contribution in [1.29, 1.82) is 0 Å². The monoisotopic (exact) mass is 288 g/mol. The summed E-state index contributed by atoms with van der Waals surface area (Å²) in [7, 11) is 2.20. The molecule has 0 N–H and O–H groups in total. The van der Waals surface area contributed by atoms with Gasteiger partial charge < -0.3 is 9.64 Å². The second-order valence-electron chi connectivity index (χ2n) is 6.49. The van der Waals surface area contributed by atoms with Crippen molar-refractivity contribution in [2.45, 2.75) is 45.7 Å². The first-order valence-corrected chi connectivity index (χ1v) is 8.44. The summed E-state index contributed by atoms with van der Waals surface area (Å²) < 4.78 is 5.93. The lowest BCUT2D eigenvalue weighted by Crippen LogP contribution is -2.30.